The molecule has 0 saturated heterocycles. The zero-order chi connectivity index (χ0) is 22.2. The Labute approximate surface area is 179 Å². The normalized spacial score (nSPS) is 15.6. The van der Waals surface area contributed by atoms with Crippen LogP contribution in [0.1, 0.15) is 12.5 Å². The van der Waals surface area contributed by atoms with Crippen molar-refractivity contribution in [2.75, 3.05) is 15.7 Å². The maximum atomic E-state index is 13.5. The summed E-state index contributed by atoms with van der Waals surface area (Å²) in [6.45, 7) is 1.42. The second-order valence-corrected chi connectivity index (χ2v) is 9.25. The molecule has 5 nitrogen and oxygen atoms in total. The molecule has 1 amide bonds. The van der Waals surface area contributed by atoms with E-state index in [1.807, 2.05) is 31.2 Å². The van der Waals surface area contributed by atoms with Gasteiger partial charge < -0.3 is 4.90 Å². The van der Waals surface area contributed by atoms with Gasteiger partial charge >= 0.3 is 0 Å². The highest BCUT2D eigenvalue weighted by Crippen LogP contribution is 2.33. The summed E-state index contributed by atoms with van der Waals surface area (Å²) in [5, 5.41) is 0. The van der Waals surface area contributed by atoms with Crippen molar-refractivity contribution < 1.29 is 22.0 Å². The van der Waals surface area contributed by atoms with Gasteiger partial charge in [-0.15, -0.1) is 0 Å². The molecule has 0 N–H and O–H groups in total. The second kappa shape index (κ2) is 8.11. The standard InChI is InChI=1S/C23H20F2N2O3S/c1-16-14-17-4-2-3-5-22(17)27(16)23(28)15-26(20-10-6-18(24)7-11-20)31(29,30)21-12-8-19(25)9-13-21/h2-13,16H,14-15H2,1H3. The van der Waals surface area contributed by atoms with E-state index in [-0.39, 0.29) is 16.6 Å². The van der Waals surface area contributed by atoms with Crippen molar-refractivity contribution in [3.63, 3.8) is 0 Å². The third-order valence-corrected chi connectivity index (χ3v) is 7.06. The molecule has 160 valence electrons. The summed E-state index contributed by atoms with van der Waals surface area (Å²) in [5.41, 5.74) is 1.90. The van der Waals surface area contributed by atoms with Crippen molar-refractivity contribution in [3.8, 4) is 0 Å². The lowest BCUT2D eigenvalue weighted by Crippen LogP contribution is -2.45. The number of nitrogens with zero attached hydrogens (tertiary/aromatic N) is 2. The van der Waals surface area contributed by atoms with E-state index in [4.69, 9.17) is 0 Å². The topological polar surface area (TPSA) is 57.7 Å². The summed E-state index contributed by atoms with van der Waals surface area (Å²) in [6.07, 6.45) is 0.670. The molecule has 1 atom stereocenters. The van der Waals surface area contributed by atoms with E-state index in [1.54, 1.807) is 4.90 Å². The molecule has 0 bridgehead atoms. The number of hydrogen-bond donors (Lipinski definition) is 0. The number of rotatable bonds is 5. The van der Waals surface area contributed by atoms with E-state index in [2.05, 4.69) is 0 Å². The lowest BCUT2D eigenvalue weighted by molar-refractivity contribution is -0.117. The number of anilines is 2. The van der Waals surface area contributed by atoms with Crippen LogP contribution in [0.15, 0.2) is 77.7 Å². The van der Waals surface area contributed by atoms with E-state index in [1.165, 1.54) is 12.1 Å². The lowest BCUT2D eigenvalue weighted by atomic mass is 10.1. The van der Waals surface area contributed by atoms with E-state index < -0.39 is 34.1 Å². The van der Waals surface area contributed by atoms with Crippen LogP contribution in [-0.4, -0.2) is 26.9 Å². The molecule has 1 aliphatic heterocycles. The van der Waals surface area contributed by atoms with Gasteiger partial charge in [0.1, 0.15) is 18.2 Å². The SMILES string of the molecule is CC1Cc2ccccc2N1C(=O)CN(c1ccc(F)cc1)S(=O)(=O)c1ccc(F)cc1. The number of amides is 1. The quantitative estimate of drug-likeness (QED) is 0.597. The van der Waals surface area contributed by atoms with E-state index in [0.717, 1.165) is 52.0 Å². The number of benzene rings is 3. The number of halogens is 2. The van der Waals surface area contributed by atoms with Crippen molar-refractivity contribution in [3.05, 3.63) is 90.0 Å². The highest BCUT2D eigenvalue weighted by atomic mass is 32.2. The fourth-order valence-electron chi connectivity index (χ4n) is 3.80. The fraction of sp³-hybridized carbons (Fsp3) is 0.174. The Balaban J connectivity index is 1.72. The van der Waals surface area contributed by atoms with Gasteiger partial charge in [-0.1, -0.05) is 18.2 Å². The largest absolute Gasteiger partial charge is 0.307 e. The van der Waals surface area contributed by atoms with Crippen molar-refractivity contribution in [1.29, 1.82) is 0 Å². The van der Waals surface area contributed by atoms with Gasteiger partial charge in [0, 0.05) is 11.7 Å². The van der Waals surface area contributed by atoms with Crippen molar-refractivity contribution in [2.45, 2.75) is 24.3 Å². The highest BCUT2D eigenvalue weighted by molar-refractivity contribution is 7.92. The first kappa shape index (κ1) is 21.0. The average Bonchev–Trinajstić information content (AvgIpc) is 3.08. The number of fused-ring (bicyclic) bond motifs is 1. The number of para-hydroxylation sites is 1. The minimum atomic E-state index is -4.21. The molecule has 0 aromatic heterocycles. The molecule has 8 heteroatoms. The van der Waals surface area contributed by atoms with Gasteiger partial charge in [0.15, 0.2) is 0 Å². The number of hydrogen-bond acceptors (Lipinski definition) is 3. The minimum absolute atomic E-state index is 0.131. The first-order valence-electron chi connectivity index (χ1n) is 9.71. The molecular formula is C23H20F2N2O3S. The van der Waals surface area contributed by atoms with Gasteiger partial charge in [-0.25, -0.2) is 17.2 Å². The van der Waals surface area contributed by atoms with Gasteiger partial charge in [-0.3, -0.25) is 9.10 Å². The van der Waals surface area contributed by atoms with Crippen LogP contribution in [0.5, 0.6) is 0 Å². The molecule has 0 fully saturated rings. The van der Waals surface area contributed by atoms with Crippen LogP contribution in [0.4, 0.5) is 20.2 Å². The predicted octanol–water partition coefficient (Wildman–Crippen LogP) is 4.14. The van der Waals surface area contributed by atoms with E-state index >= 15 is 0 Å². The number of carbonyl (C=O) groups excluding carboxylic acids is 1. The zero-order valence-electron chi connectivity index (χ0n) is 16.7. The van der Waals surface area contributed by atoms with Gasteiger partial charge in [-0.2, -0.15) is 0 Å². The van der Waals surface area contributed by atoms with Gasteiger partial charge in [0.25, 0.3) is 10.0 Å². The van der Waals surface area contributed by atoms with Crippen molar-refractivity contribution in [2.24, 2.45) is 0 Å². The van der Waals surface area contributed by atoms with Gasteiger partial charge in [0.05, 0.1) is 10.6 Å². The monoisotopic (exact) mass is 442 g/mol. The highest BCUT2D eigenvalue weighted by Gasteiger charge is 2.34. The maximum absolute atomic E-state index is 13.5. The van der Waals surface area contributed by atoms with Crippen molar-refractivity contribution >= 4 is 27.3 Å². The second-order valence-electron chi connectivity index (χ2n) is 7.39. The summed E-state index contributed by atoms with van der Waals surface area (Å²) >= 11 is 0. The molecule has 1 heterocycles. The van der Waals surface area contributed by atoms with Gasteiger partial charge in [-0.05, 0) is 73.5 Å². The lowest BCUT2D eigenvalue weighted by Gasteiger charge is -2.29. The Morgan fingerprint density at radius 3 is 2.19 bits per heavy atom. The third-order valence-electron chi connectivity index (χ3n) is 5.27. The smallest absolute Gasteiger partial charge is 0.264 e. The van der Waals surface area contributed by atoms with E-state index in [0.29, 0.717) is 6.42 Å². The first-order chi connectivity index (χ1) is 14.8. The number of sulfonamides is 1. The van der Waals surface area contributed by atoms with Crippen LogP contribution >= 0.6 is 0 Å². The Kier molecular flexibility index (Phi) is 5.49. The van der Waals surface area contributed by atoms with Gasteiger partial charge in [0.2, 0.25) is 5.91 Å². The van der Waals surface area contributed by atoms with Crippen LogP contribution in [0, 0.1) is 11.6 Å². The van der Waals surface area contributed by atoms with Crippen LogP contribution < -0.4 is 9.21 Å². The Bertz CT molecular complexity index is 1210. The molecule has 3 aromatic carbocycles. The summed E-state index contributed by atoms with van der Waals surface area (Å²) in [7, 11) is -4.21. The molecular weight excluding hydrogens is 422 g/mol. The van der Waals surface area contributed by atoms with Crippen LogP contribution in [0.2, 0.25) is 0 Å². The molecule has 0 radical (unpaired) electrons. The Hall–Kier alpha value is -3.26. The molecule has 0 spiro atoms. The summed E-state index contributed by atoms with van der Waals surface area (Å²) in [5.74, 6) is -1.52. The summed E-state index contributed by atoms with van der Waals surface area (Å²) < 4.78 is 54.4. The molecule has 0 saturated carbocycles. The molecule has 1 unspecified atom stereocenters. The molecule has 0 aliphatic carbocycles. The molecule has 31 heavy (non-hydrogen) atoms. The Morgan fingerprint density at radius 1 is 0.968 bits per heavy atom. The summed E-state index contributed by atoms with van der Waals surface area (Å²) in [6, 6.07) is 16.5. The first-order valence-corrected chi connectivity index (χ1v) is 11.2. The summed E-state index contributed by atoms with van der Waals surface area (Å²) in [4.78, 5) is 14.7. The average molecular weight is 442 g/mol. The minimum Gasteiger partial charge on any atom is -0.307 e. The zero-order valence-corrected chi connectivity index (χ0v) is 17.5. The predicted molar refractivity (Wildman–Crippen MR) is 114 cm³/mol. The fourth-order valence-corrected chi connectivity index (χ4v) is 5.21. The molecule has 3 aromatic rings. The third kappa shape index (κ3) is 4.03. The molecule has 4 rings (SSSR count). The Morgan fingerprint density at radius 2 is 1.55 bits per heavy atom. The maximum Gasteiger partial charge on any atom is 0.264 e. The number of carbonyl (C=O) groups is 1. The van der Waals surface area contributed by atoms with E-state index in [9.17, 15) is 22.0 Å². The van der Waals surface area contributed by atoms with Crippen molar-refractivity contribution in [1.82, 2.24) is 0 Å². The molecule has 1 aliphatic rings. The van der Waals surface area contributed by atoms with Crippen LogP contribution in [-0.2, 0) is 21.2 Å². The van der Waals surface area contributed by atoms with Crippen LogP contribution in [0.25, 0.3) is 0 Å². The van der Waals surface area contributed by atoms with Crippen LogP contribution in [0.3, 0.4) is 0 Å².